The summed E-state index contributed by atoms with van der Waals surface area (Å²) in [6.45, 7) is 0.600. The van der Waals surface area contributed by atoms with Crippen molar-refractivity contribution in [1.29, 1.82) is 0 Å². The van der Waals surface area contributed by atoms with Crippen molar-refractivity contribution < 1.29 is 13.8 Å². The fraction of sp³-hybridized carbons (Fsp3) is 0.778. The van der Waals surface area contributed by atoms with Gasteiger partial charge >= 0.3 is 11.8 Å². The predicted molar refractivity (Wildman–Crippen MR) is 61.1 cm³/mol. The molecule has 1 saturated heterocycles. The quantitative estimate of drug-likeness (QED) is 0.506. The molecule has 16 heavy (non-hydrogen) atoms. The molecule has 6 nitrogen and oxygen atoms in total. The van der Waals surface area contributed by atoms with Crippen LogP contribution in [-0.4, -0.2) is 46.7 Å². The third-order valence-electron chi connectivity index (χ3n) is 2.36. The van der Waals surface area contributed by atoms with Crippen molar-refractivity contribution in [2.75, 3.05) is 24.6 Å². The summed E-state index contributed by atoms with van der Waals surface area (Å²) in [4.78, 5) is 22.6. The van der Waals surface area contributed by atoms with E-state index in [2.05, 4.69) is 10.6 Å². The average Bonchev–Trinajstić information content (AvgIpc) is 2.29. The minimum atomic E-state index is -0.760. The second-order valence-electron chi connectivity index (χ2n) is 3.64. The molecule has 0 aromatic heterocycles. The molecule has 0 spiro atoms. The van der Waals surface area contributed by atoms with Crippen molar-refractivity contribution in [2.45, 2.75) is 18.9 Å². The molecule has 0 atom stereocenters. The van der Waals surface area contributed by atoms with Gasteiger partial charge in [0.05, 0.1) is 0 Å². The maximum Gasteiger partial charge on any atom is 0.309 e. The predicted octanol–water partition coefficient (Wildman–Crippen LogP) is -1.91. The van der Waals surface area contributed by atoms with Crippen LogP contribution in [0, 0.1) is 0 Å². The molecule has 0 radical (unpaired) electrons. The highest BCUT2D eigenvalue weighted by atomic mass is 32.2. The van der Waals surface area contributed by atoms with Gasteiger partial charge < -0.3 is 16.4 Å². The Morgan fingerprint density at radius 1 is 1.25 bits per heavy atom. The van der Waals surface area contributed by atoms with Crippen LogP contribution in [-0.2, 0) is 20.4 Å². The van der Waals surface area contributed by atoms with E-state index in [0.717, 1.165) is 0 Å². The Morgan fingerprint density at radius 3 is 2.44 bits per heavy atom. The second kappa shape index (κ2) is 6.59. The molecule has 1 fully saturated rings. The van der Waals surface area contributed by atoms with Gasteiger partial charge in [0.1, 0.15) is 0 Å². The monoisotopic (exact) mass is 247 g/mol. The zero-order chi connectivity index (χ0) is 12.0. The van der Waals surface area contributed by atoms with Crippen molar-refractivity contribution in [2.24, 2.45) is 5.73 Å². The van der Waals surface area contributed by atoms with E-state index in [1.54, 1.807) is 0 Å². The molecule has 0 unspecified atom stereocenters. The maximum atomic E-state index is 11.4. The Bertz CT molecular complexity index is 286. The smallest absolute Gasteiger partial charge is 0.309 e. The summed E-state index contributed by atoms with van der Waals surface area (Å²) in [5, 5.41) is 5.02. The molecule has 2 amide bonds. The molecule has 1 rings (SSSR count). The molecule has 0 aliphatic carbocycles. The number of nitrogens with one attached hydrogen (secondary N) is 2. The van der Waals surface area contributed by atoms with Gasteiger partial charge in [0.15, 0.2) is 0 Å². The largest absolute Gasteiger partial charge is 0.347 e. The van der Waals surface area contributed by atoms with Crippen LogP contribution in [0.1, 0.15) is 12.8 Å². The molecule has 1 heterocycles. The van der Waals surface area contributed by atoms with Crippen molar-refractivity contribution in [1.82, 2.24) is 10.6 Å². The summed E-state index contributed by atoms with van der Waals surface area (Å²) in [5.41, 5.74) is 5.20. The minimum Gasteiger partial charge on any atom is -0.347 e. The fourth-order valence-electron chi connectivity index (χ4n) is 1.46. The number of hydrogen-bond acceptors (Lipinski definition) is 4. The number of rotatable bonds is 3. The highest BCUT2D eigenvalue weighted by Crippen LogP contribution is 2.08. The van der Waals surface area contributed by atoms with Gasteiger partial charge in [-0.1, -0.05) is 0 Å². The first-order valence-electron chi connectivity index (χ1n) is 5.27. The first-order chi connectivity index (χ1) is 7.63. The molecule has 1 aliphatic rings. The van der Waals surface area contributed by atoms with E-state index in [1.165, 1.54) is 0 Å². The van der Waals surface area contributed by atoms with E-state index in [0.29, 0.717) is 37.4 Å². The Morgan fingerprint density at radius 2 is 1.88 bits per heavy atom. The lowest BCUT2D eigenvalue weighted by Crippen LogP contribution is -2.47. The topological polar surface area (TPSA) is 101 Å². The van der Waals surface area contributed by atoms with Gasteiger partial charge in [0, 0.05) is 41.4 Å². The summed E-state index contributed by atoms with van der Waals surface area (Å²) < 4.78 is 11.1. The van der Waals surface area contributed by atoms with Gasteiger partial charge in [-0.15, -0.1) is 0 Å². The Labute approximate surface area is 96.8 Å². The zero-order valence-corrected chi connectivity index (χ0v) is 9.85. The molecule has 92 valence electrons. The molecular formula is C9H17N3O3S. The number of carbonyl (C=O) groups excluding carboxylic acids is 2. The maximum absolute atomic E-state index is 11.4. The number of hydrogen-bond donors (Lipinski definition) is 3. The Hall–Kier alpha value is -0.950. The van der Waals surface area contributed by atoms with Crippen molar-refractivity contribution in [3.8, 4) is 0 Å². The third kappa shape index (κ3) is 4.28. The third-order valence-corrected chi connectivity index (χ3v) is 3.74. The van der Waals surface area contributed by atoms with Crippen LogP contribution in [0.25, 0.3) is 0 Å². The van der Waals surface area contributed by atoms with E-state index in [-0.39, 0.29) is 6.04 Å². The summed E-state index contributed by atoms with van der Waals surface area (Å²) >= 11 is 0. The van der Waals surface area contributed by atoms with Crippen LogP contribution in [0.2, 0.25) is 0 Å². The average molecular weight is 247 g/mol. The van der Waals surface area contributed by atoms with Crippen molar-refractivity contribution in [3.63, 3.8) is 0 Å². The summed E-state index contributed by atoms with van der Waals surface area (Å²) in [6, 6.07) is -0.0335. The van der Waals surface area contributed by atoms with E-state index in [4.69, 9.17) is 5.73 Å². The SMILES string of the molecule is NCCNC(=O)C(=O)NC1CCS(=O)CC1. The van der Waals surface area contributed by atoms with Crippen LogP contribution in [0.4, 0.5) is 0 Å². The number of nitrogens with two attached hydrogens (primary N) is 1. The van der Waals surface area contributed by atoms with Crippen molar-refractivity contribution in [3.05, 3.63) is 0 Å². The first-order valence-corrected chi connectivity index (χ1v) is 6.76. The molecule has 7 heteroatoms. The molecule has 0 saturated carbocycles. The van der Waals surface area contributed by atoms with Gasteiger partial charge in [-0.05, 0) is 12.8 Å². The number of amides is 2. The Kier molecular flexibility index (Phi) is 5.41. The molecular weight excluding hydrogens is 230 g/mol. The summed E-state index contributed by atoms with van der Waals surface area (Å²) in [5.74, 6) is -0.103. The van der Waals surface area contributed by atoms with E-state index in [1.807, 2.05) is 0 Å². The van der Waals surface area contributed by atoms with Crippen molar-refractivity contribution >= 4 is 22.6 Å². The highest BCUT2D eigenvalue weighted by molar-refractivity contribution is 7.85. The van der Waals surface area contributed by atoms with E-state index < -0.39 is 22.6 Å². The number of carbonyl (C=O) groups is 2. The highest BCUT2D eigenvalue weighted by Gasteiger charge is 2.22. The fourth-order valence-corrected chi connectivity index (χ4v) is 2.75. The van der Waals surface area contributed by atoms with Gasteiger partial charge in [-0.2, -0.15) is 0 Å². The van der Waals surface area contributed by atoms with Gasteiger partial charge in [-0.25, -0.2) is 0 Å². The standard InChI is InChI=1S/C9H17N3O3S/c10-3-4-11-8(13)9(14)12-7-1-5-16(15)6-2-7/h7H,1-6,10H2,(H,11,13)(H,12,14). The van der Waals surface area contributed by atoms with Crippen LogP contribution in [0.5, 0.6) is 0 Å². The first kappa shape index (κ1) is 13.1. The zero-order valence-electron chi connectivity index (χ0n) is 9.03. The van der Waals surface area contributed by atoms with Gasteiger partial charge in [-0.3, -0.25) is 13.8 Å². The van der Waals surface area contributed by atoms with E-state index >= 15 is 0 Å². The van der Waals surface area contributed by atoms with Crippen LogP contribution in [0.15, 0.2) is 0 Å². The Balaban J connectivity index is 2.28. The summed E-state index contributed by atoms with van der Waals surface area (Å²) in [7, 11) is -0.760. The second-order valence-corrected chi connectivity index (χ2v) is 5.34. The molecule has 1 aliphatic heterocycles. The molecule has 4 N–H and O–H groups in total. The normalized spacial score (nSPS) is 24.8. The minimum absolute atomic E-state index is 0.0335. The van der Waals surface area contributed by atoms with Crippen LogP contribution >= 0.6 is 0 Å². The summed E-state index contributed by atoms with van der Waals surface area (Å²) in [6.07, 6.45) is 1.34. The lowest BCUT2D eigenvalue weighted by Gasteiger charge is -2.22. The van der Waals surface area contributed by atoms with Gasteiger partial charge in [0.25, 0.3) is 0 Å². The lowest BCUT2D eigenvalue weighted by atomic mass is 10.1. The molecule has 0 aromatic carbocycles. The van der Waals surface area contributed by atoms with Gasteiger partial charge in [0.2, 0.25) is 0 Å². The lowest BCUT2D eigenvalue weighted by molar-refractivity contribution is -0.139. The van der Waals surface area contributed by atoms with Crippen LogP contribution < -0.4 is 16.4 Å². The molecule has 0 bridgehead atoms. The molecule has 0 aromatic rings. The van der Waals surface area contributed by atoms with E-state index in [9.17, 15) is 13.8 Å². The van der Waals surface area contributed by atoms with Crippen LogP contribution in [0.3, 0.4) is 0 Å².